The first-order valence-electron chi connectivity index (χ1n) is 13.8. The molecule has 42 heavy (non-hydrogen) atoms. The highest BCUT2D eigenvalue weighted by Crippen LogP contribution is 2.33. The summed E-state index contributed by atoms with van der Waals surface area (Å²) in [5.74, 6) is 0.663. The number of ether oxygens (including phenoxy) is 2. The van der Waals surface area contributed by atoms with E-state index in [1.165, 1.54) is 0 Å². The second kappa shape index (κ2) is 12.8. The van der Waals surface area contributed by atoms with Gasteiger partial charge in [0.2, 0.25) is 5.91 Å². The van der Waals surface area contributed by atoms with Crippen LogP contribution in [0.1, 0.15) is 32.3 Å². The number of carbonyl (C=O) groups excluding carboxylic acids is 2. The molecule has 0 saturated carbocycles. The molecular formula is C31H34ClN5O5. The highest BCUT2D eigenvalue weighted by molar-refractivity contribution is 6.32. The Morgan fingerprint density at radius 2 is 1.88 bits per heavy atom. The summed E-state index contributed by atoms with van der Waals surface area (Å²) in [6.45, 7) is 4.36. The number of rotatable bonds is 12. The van der Waals surface area contributed by atoms with Crippen LogP contribution in [0.5, 0.6) is 11.5 Å². The fraction of sp³-hybridized carbons (Fsp3) is 0.323. The van der Waals surface area contributed by atoms with Crippen LogP contribution in [0.15, 0.2) is 65.8 Å². The SMILES string of the molecule is CC(C)(CNC(=O)COc1ccc(C2=NNC(=O)CC2)cc1Cl)NCC(O)COc1cccc2[nH]c3ccccc3c12. The number of halogens is 1. The monoisotopic (exact) mass is 591 g/mol. The van der Waals surface area contributed by atoms with Gasteiger partial charge in [-0.2, -0.15) is 5.10 Å². The molecule has 0 bridgehead atoms. The molecule has 11 heteroatoms. The number of fused-ring (bicyclic) bond motifs is 3. The van der Waals surface area contributed by atoms with Crippen molar-refractivity contribution in [2.45, 2.75) is 38.3 Å². The molecule has 1 unspecified atom stereocenters. The van der Waals surface area contributed by atoms with Crippen LogP contribution in [-0.2, 0) is 9.59 Å². The lowest BCUT2D eigenvalue weighted by Crippen LogP contribution is -2.52. The number of aromatic amines is 1. The first kappa shape index (κ1) is 29.4. The molecule has 0 aliphatic carbocycles. The van der Waals surface area contributed by atoms with Gasteiger partial charge >= 0.3 is 0 Å². The normalized spacial score (nSPS) is 14.4. The maximum Gasteiger partial charge on any atom is 0.258 e. The Morgan fingerprint density at radius 1 is 1.07 bits per heavy atom. The number of aliphatic hydroxyl groups is 1. The van der Waals surface area contributed by atoms with Gasteiger partial charge in [0.25, 0.3) is 5.91 Å². The molecule has 1 aliphatic heterocycles. The van der Waals surface area contributed by atoms with Crippen LogP contribution < -0.4 is 25.5 Å². The molecule has 1 atom stereocenters. The molecule has 0 spiro atoms. The minimum Gasteiger partial charge on any atom is -0.490 e. The number of nitrogens with zero attached hydrogens (tertiary/aromatic N) is 1. The largest absolute Gasteiger partial charge is 0.490 e. The van der Waals surface area contributed by atoms with Gasteiger partial charge < -0.3 is 30.2 Å². The van der Waals surface area contributed by atoms with Crippen LogP contribution in [-0.4, -0.2) is 65.6 Å². The van der Waals surface area contributed by atoms with Crippen molar-refractivity contribution in [3.63, 3.8) is 0 Å². The highest BCUT2D eigenvalue weighted by atomic mass is 35.5. The smallest absolute Gasteiger partial charge is 0.258 e. The number of H-pyrrole nitrogens is 1. The van der Waals surface area contributed by atoms with Crippen LogP contribution in [0.3, 0.4) is 0 Å². The molecule has 10 nitrogen and oxygen atoms in total. The van der Waals surface area contributed by atoms with Crippen molar-refractivity contribution in [1.82, 2.24) is 21.0 Å². The molecule has 0 fully saturated rings. The zero-order valence-corrected chi connectivity index (χ0v) is 24.3. The topological polar surface area (TPSA) is 137 Å². The molecule has 0 radical (unpaired) electrons. The van der Waals surface area contributed by atoms with E-state index in [-0.39, 0.29) is 31.6 Å². The summed E-state index contributed by atoms with van der Waals surface area (Å²) in [6, 6.07) is 19.0. The highest BCUT2D eigenvalue weighted by Gasteiger charge is 2.21. The van der Waals surface area contributed by atoms with E-state index in [2.05, 4.69) is 26.1 Å². The van der Waals surface area contributed by atoms with Crippen molar-refractivity contribution < 1.29 is 24.2 Å². The van der Waals surface area contributed by atoms with E-state index in [1.54, 1.807) is 18.2 Å². The second-order valence-corrected chi connectivity index (χ2v) is 11.3. The lowest BCUT2D eigenvalue weighted by atomic mass is 10.0. The van der Waals surface area contributed by atoms with E-state index in [4.69, 9.17) is 21.1 Å². The molecule has 2 heterocycles. The van der Waals surface area contributed by atoms with E-state index in [9.17, 15) is 14.7 Å². The van der Waals surface area contributed by atoms with Gasteiger partial charge in [-0.1, -0.05) is 35.9 Å². The summed E-state index contributed by atoms with van der Waals surface area (Å²) in [5, 5.41) is 23.2. The standard InChI is InChI=1S/C31H34ClN5O5/c1-31(2,18-33-29(40)17-42-26-12-10-19(14-22(26)32)23-11-13-28(39)37-36-23)34-15-20(38)16-41-27-9-5-8-25-30(27)21-6-3-4-7-24(21)35-25/h3-10,12,14,20,34-35,38H,11,13,15-18H2,1-2H3,(H,33,40)(H,37,39). The van der Waals surface area contributed by atoms with Crippen LogP contribution in [0.4, 0.5) is 0 Å². The third kappa shape index (κ3) is 7.20. The second-order valence-electron chi connectivity index (χ2n) is 10.9. The van der Waals surface area contributed by atoms with Crippen LogP contribution >= 0.6 is 11.6 Å². The molecule has 4 aromatic rings. The zero-order valence-electron chi connectivity index (χ0n) is 23.5. The molecular weight excluding hydrogens is 558 g/mol. The van der Waals surface area contributed by atoms with E-state index >= 15 is 0 Å². The summed E-state index contributed by atoms with van der Waals surface area (Å²) in [4.78, 5) is 27.2. The van der Waals surface area contributed by atoms with Gasteiger partial charge in [0.1, 0.15) is 24.2 Å². The van der Waals surface area contributed by atoms with Crippen LogP contribution in [0, 0.1) is 0 Å². The Morgan fingerprint density at radius 3 is 2.67 bits per heavy atom. The Kier molecular flexibility index (Phi) is 8.96. The van der Waals surface area contributed by atoms with Crippen LogP contribution in [0.2, 0.25) is 5.02 Å². The maximum atomic E-state index is 12.5. The zero-order chi connectivity index (χ0) is 29.7. The fourth-order valence-corrected chi connectivity index (χ4v) is 4.92. The Bertz CT molecular complexity index is 1630. The predicted molar refractivity (Wildman–Crippen MR) is 163 cm³/mol. The number of aliphatic hydroxyl groups excluding tert-OH is 1. The number of β-amino-alcohol motifs (C(OH)–C–C–N with tert-alkyl or cyclic N) is 1. The molecule has 1 aliphatic rings. The molecule has 2 amide bonds. The van der Waals surface area contributed by atoms with E-state index in [0.717, 1.165) is 33.1 Å². The number of hydrogen-bond acceptors (Lipinski definition) is 7. The number of amides is 2. The number of carbonyl (C=O) groups is 2. The van der Waals surface area contributed by atoms with E-state index in [0.29, 0.717) is 35.9 Å². The van der Waals surface area contributed by atoms with Crippen LogP contribution in [0.25, 0.3) is 21.8 Å². The molecule has 3 aromatic carbocycles. The van der Waals surface area contributed by atoms with Gasteiger partial charge in [-0.3, -0.25) is 9.59 Å². The number of benzene rings is 3. The van der Waals surface area contributed by atoms with Gasteiger partial charge in [0.05, 0.1) is 16.3 Å². The van der Waals surface area contributed by atoms with E-state index in [1.807, 2.05) is 56.3 Å². The summed E-state index contributed by atoms with van der Waals surface area (Å²) in [6.07, 6.45) is 0.139. The maximum absolute atomic E-state index is 12.5. The molecule has 220 valence electrons. The van der Waals surface area contributed by atoms with Gasteiger partial charge in [0.15, 0.2) is 6.61 Å². The Balaban J connectivity index is 1.05. The van der Waals surface area contributed by atoms with Crippen molar-refractivity contribution in [3.8, 4) is 11.5 Å². The minimum atomic E-state index is -0.760. The third-order valence-corrected chi connectivity index (χ3v) is 7.29. The quantitative estimate of drug-likeness (QED) is 0.169. The number of aromatic nitrogens is 1. The van der Waals surface area contributed by atoms with Crippen molar-refractivity contribution in [1.29, 1.82) is 0 Å². The minimum absolute atomic E-state index is 0.115. The Labute approximate surface area is 248 Å². The predicted octanol–water partition coefficient (Wildman–Crippen LogP) is 3.89. The summed E-state index contributed by atoms with van der Waals surface area (Å²) < 4.78 is 11.6. The molecule has 0 saturated heterocycles. The van der Waals surface area contributed by atoms with Gasteiger partial charge in [-0.25, -0.2) is 5.43 Å². The number of nitrogens with one attached hydrogen (secondary N) is 4. The summed E-state index contributed by atoms with van der Waals surface area (Å²) in [7, 11) is 0. The number of para-hydroxylation sites is 1. The first-order chi connectivity index (χ1) is 20.2. The van der Waals surface area contributed by atoms with E-state index < -0.39 is 11.6 Å². The lowest BCUT2D eigenvalue weighted by molar-refractivity contribution is -0.123. The molecule has 5 N–H and O–H groups in total. The fourth-order valence-electron chi connectivity index (χ4n) is 4.68. The van der Waals surface area contributed by atoms with Crippen molar-refractivity contribution in [2.75, 3.05) is 26.3 Å². The van der Waals surface area contributed by atoms with Crippen molar-refractivity contribution in [3.05, 3.63) is 71.2 Å². The third-order valence-electron chi connectivity index (χ3n) is 7.00. The van der Waals surface area contributed by atoms with Crippen molar-refractivity contribution >= 4 is 50.9 Å². The first-order valence-corrected chi connectivity index (χ1v) is 14.2. The average Bonchev–Trinajstić information content (AvgIpc) is 3.37. The number of hydrazone groups is 1. The van der Waals surface area contributed by atoms with Gasteiger partial charge in [-0.05, 0) is 55.8 Å². The molecule has 1 aromatic heterocycles. The summed E-state index contributed by atoms with van der Waals surface area (Å²) >= 11 is 6.35. The lowest BCUT2D eigenvalue weighted by Gasteiger charge is -2.28. The Hall–Kier alpha value is -4.12. The average molecular weight is 592 g/mol. The summed E-state index contributed by atoms with van der Waals surface area (Å²) in [5.41, 5.74) is 5.50. The van der Waals surface area contributed by atoms with Crippen molar-refractivity contribution in [2.24, 2.45) is 5.10 Å². The van der Waals surface area contributed by atoms with Gasteiger partial charge in [-0.15, -0.1) is 0 Å². The number of hydrogen-bond donors (Lipinski definition) is 5. The van der Waals surface area contributed by atoms with Gasteiger partial charge in [0, 0.05) is 47.8 Å². The molecule has 5 rings (SSSR count).